The number of hydrogen-bond donors (Lipinski definition) is 1. The van der Waals surface area contributed by atoms with Crippen molar-refractivity contribution >= 4 is 51.7 Å². The quantitative estimate of drug-likeness (QED) is 0.158. The molecular weight excluding hydrogens is 635 g/mol. The molecule has 1 atom stereocenters. The van der Waals surface area contributed by atoms with Gasteiger partial charge in [0.05, 0.1) is 34.4 Å². The third-order valence-electron chi connectivity index (χ3n) is 9.31. The smallest absolute Gasteiger partial charge is 0.335 e. The minimum atomic E-state index is -1.04. The molecule has 0 fully saturated rings. The number of anilines is 1. The van der Waals surface area contributed by atoms with Crippen molar-refractivity contribution in [2.45, 2.75) is 66.5 Å². The van der Waals surface area contributed by atoms with Gasteiger partial charge in [-0.25, -0.2) is 4.79 Å². The van der Waals surface area contributed by atoms with Gasteiger partial charge < -0.3 is 19.3 Å². The van der Waals surface area contributed by atoms with Crippen molar-refractivity contribution in [2.24, 2.45) is 7.05 Å². The summed E-state index contributed by atoms with van der Waals surface area (Å²) in [5.74, 6) is -0.439. The zero-order valence-electron chi connectivity index (χ0n) is 27.4. The maximum Gasteiger partial charge on any atom is 0.335 e. The Hall–Kier alpha value is -4.27. The monoisotopic (exact) mass is 672 g/mol. The van der Waals surface area contributed by atoms with Gasteiger partial charge in [0, 0.05) is 46.5 Å². The van der Waals surface area contributed by atoms with Crippen LogP contribution >= 0.6 is 23.2 Å². The molecule has 6 rings (SSSR count). The van der Waals surface area contributed by atoms with Crippen molar-refractivity contribution in [2.75, 3.05) is 11.5 Å². The predicted molar refractivity (Wildman–Crippen MR) is 188 cm³/mol. The molecule has 2 aromatic heterocycles. The summed E-state index contributed by atoms with van der Waals surface area (Å²) in [5, 5.41) is 16.7. The summed E-state index contributed by atoms with van der Waals surface area (Å²) in [6.07, 6.45) is 1.92. The molecule has 0 saturated heterocycles. The van der Waals surface area contributed by atoms with Crippen LogP contribution in [0.2, 0.25) is 10.0 Å². The Morgan fingerprint density at radius 1 is 1.04 bits per heavy atom. The first-order valence-electron chi connectivity index (χ1n) is 15.8. The molecular formula is C37H38Cl2N4O4. The zero-order chi connectivity index (χ0) is 33.7. The average molecular weight is 674 g/mol. The number of hydrogen-bond acceptors (Lipinski definition) is 4. The van der Waals surface area contributed by atoms with E-state index in [2.05, 4.69) is 9.67 Å². The van der Waals surface area contributed by atoms with Crippen LogP contribution in [0.25, 0.3) is 22.0 Å². The minimum absolute atomic E-state index is 0.137. The van der Waals surface area contributed by atoms with Crippen LogP contribution < -0.4 is 9.64 Å². The van der Waals surface area contributed by atoms with E-state index < -0.39 is 5.97 Å². The number of halogens is 2. The van der Waals surface area contributed by atoms with Crippen LogP contribution in [-0.4, -0.2) is 44.0 Å². The molecule has 1 N–H and O–H groups in total. The molecule has 5 aromatic rings. The van der Waals surface area contributed by atoms with Crippen molar-refractivity contribution < 1.29 is 19.4 Å². The average Bonchev–Trinajstić information content (AvgIpc) is 3.49. The Morgan fingerprint density at radius 3 is 2.40 bits per heavy atom. The van der Waals surface area contributed by atoms with Gasteiger partial charge in [0.2, 0.25) is 0 Å². The number of carboxylic acid groups (broad SMARTS) is 1. The summed E-state index contributed by atoms with van der Waals surface area (Å²) in [6, 6.07) is 14.2. The Bertz CT molecular complexity index is 2040. The van der Waals surface area contributed by atoms with Gasteiger partial charge in [0.25, 0.3) is 5.91 Å². The van der Waals surface area contributed by atoms with Crippen LogP contribution in [0, 0.1) is 27.7 Å². The highest BCUT2D eigenvalue weighted by molar-refractivity contribution is 6.35. The minimum Gasteiger partial charge on any atom is -0.494 e. The van der Waals surface area contributed by atoms with Crippen LogP contribution in [0.15, 0.2) is 48.5 Å². The number of fused-ring (bicyclic) bond motifs is 3. The first-order chi connectivity index (χ1) is 22.4. The number of carboxylic acids is 1. The van der Waals surface area contributed by atoms with Crippen LogP contribution in [-0.2, 0) is 20.0 Å². The van der Waals surface area contributed by atoms with E-state index in [9.17, 15) is 14.7 Å². The summed E-state index contributed by atoms with van der Waals surface area (Å²) in [7, 11) is 1.92. The third kappa shape index (κ3) is 5.68. The Morgan fingerprint density at radius 2 is 1.77 bits per heavy atom. The molecule has 1 unspecified atom stereocenters. The van der Waals surface area contributed by atoms with Crippen LogP contribution in [0.4, 0.5) is 5.69 Å². The second-order valence-electron chi connectivity index (χ2n) is 12.3. The fourth-order valence-corrected chi connectivity index (χ4v) is 7.33. The van der Waals surface area contributed by atoms with E-state index in [1.54, 1.807) is 29.2 Å². The molecule has 1 aliphatic rings. The topological polar surface area (TPSA) is 89.6 Å². The van der Waals surface area contributed by atoms with Gasteiger partial charge in [0.1, 0.15) is 11.4 Å². The van der Waals surface area contributed by atoms with Gasteiger partial charge >= 0.3 is 5.97 Å². The van der Waals surface area contributed by atoms with E-state index in [4.69, 9.17) is 27.9 Å². The largest absolute Gasteiger partial charge is 0.494 e. The Kier molecular flexibility index (Phi) is 8.85. The summed E-state index contributed by atoms with van der Waals surface area (Å²) in [4.78, 5) is 28.4. The number of aromatic carboxylic acids is 1. The third-order valence-corrected chi connectivity index (χ3v) is 10.2. The molecule has 10 heteroatoms. The molecule has 0 aliphatic carbocycles. The second kappa shape index (κ2) is 12.7. The molecule has 0 radical (unpaired) electrons. The number of nitrogens with zero attached hydrogens (tertiary/aromatic N) is 4. The highest BCUT2D eigenvalue weighted by atomic mass is 35.5. The molecule has 3 heterocycles. The Labute approximate surface area is 284 Å². The summed E-state index contributed by atoms with van der Waals surface area (Å²) in [6.45, 7) is 10.9. The van der Waals surface area contributed by atoms with Crippen molar-refractivity contribution in [1.82, 2.24) is 14.3 Å². The first kappa shape index (κ1) is 32.7. The van der Waals surface area contributed by atoms with E-state index in [-0.39, 0.29) is 17.5 Å². The molecule has 0 bridgehead atoms. The van der Waals surface area contributed by atoms with Crippen molar-refractivity contribution in [3.63, 3.8) is 0 Å². The highest BCUT2D eigenvalue weighted by Crippen LogP contribution is 2.44. The molecule has 3 aromatic carbocycles. The van der Waals surface area contributed by atoms with Gasteiger partial charge in [-0.05, 0) is 100 Å². The lowest BCUT2D eigenvalue weighted by Gasteiger charge is -2.37. The number of aromatic nitrogens is 3. The van der Waals surface area contributed by atoms with E-state index in [1.165, 1.54) is 0 Å². The van der Waals surface area contributed by atoms with Crippen LogP contribution in [0.1, 0.15) is 68.7 Å². The van der Waals surface area contributed by atoms with Gasteiger partial charge in [-0.15, -0.1) is 0 Å². The normalized spacial score (nSPS) is 14.6. The molecule has 8 nitrogen and oxygen atoms in total. The molecule has 1 amide bonds. The Balaban J connectivity index is 1.49. The van der Waals surface area contributed by atoms with E-state index >= 15 is 0 Å². The SMILES string of the molecule is CCC1Cn2c(c(CCCOc3cc(C)c(Cl)c(C)c3)c3ccc(Cl)c(-c4c(C)nn(C)c4C)c32)C(=O)N1c1cccc(C(=O)O)c1. The maximum absolute atomic E-state index is 14.8. The van der Waals surface area contributed by atoms with Gasteiger partial charge in [0.15, 0.2) is 0 Å². The number of carbonyl (C=O) groups excluding carboxylic acids is 1. The number of amides is 1. The lowest BCUT2D eigenvalue weighted by Crippen LogP contribution is -2.48. The first-order valence-corrected chi connectivity index (χ1v) is 16.6. The molecule has 0 spiro atoms. The summed E-state index contributed by atoms with van der Waals surface area (Å²) in [5.41, 5.74) is 8.72. The van der Waals surface area contributed by atoms with E-state index in [0.717, 1.165) is 60.9 Å². The predicted octanol–water partition coefficient (Wildman–Crippen LogP) is 8.73. The number of aryl methyl sites for hydroxylation is 5. The molecule has 244 valence electrons. The van der Waals surface area contributed by atoms with Crippen molar-refractivity contribution in [3.8, 4) is 16.9 Å². The standard InChI is InChI=1S/C37H38Cl2N4O4/c1-7-25-19-42-34-29(13-14-30(38)32(34)31-22(4)40-41(6)23(31)5)28(12-9-15-47-27-16-20(2)33(39)21(3)17-27)35(42)36(44)43(25)26-11-8-10-24(18-26)37(45)46/h8,10-11,13-14,16-18,25H,7,9,12,15,19H2,1-6H3,(H,45,46). The van der Waals surface area contributed by atoms with Crippen LogP contribution in [0.5, 0.6) is 5.75 Å². The molecule has 1 aliphatic heterocycles. The van der Waals surface area contributed by atoms with E-state index in [1.807, 2.05) is 70.6 Å². The highest BCUT2D eigenvalue weighted by Gasteiger charge is 2.38. The van der Waals surface area contributed by atoms with Gasteiger partial charge in [-0.1, -0.05) is 42.3 Å². The number of benzene rings is 3. The van der Waals surface area contributed by atoms with Gasteiger partial charge in [-0.3, -0.25) is 9.48 Å². The van der Waals surface area contributed by atoms with E-state index in [0.29, 0.717) is 48.8 Å². The summed E-state index contributed by atoms with van der Waals surface area (Å²) < 4.78 is 10.2. The maximum atomic E-state index is 14.8. The lowest BCUT2D eigenvalue weighted by atomic mass is 9.98. The molecule has 0 saturated carbocycles. The molecule has 47 heavy (non-hydrogen) atoms. The lowest BCUT2D eigenvalue weighted by molar-refractivity contribution is 0.0696. The van der Waals surface area contributed by atoms with Crippen molar-refractivity contribution in [1.29, 1.82) is 0 Å². The fraction of sp³-hybridized carbons (Fsp3) is 0.324. The van der Waals surface area contributed by atoms with Crippen molar-refractivity contribution in [3.05, 3.63) is 97.9 Å². The fourth-order valence-electron chi connectivity index (χ4n) is 6.98. The summed E-state index contributed by atoms with van der Waals surface area (Å²) >= 11 is 13.4. The number of carbonyl (C=O) groups is 2. The number of ether oxygens (including phenoxy) is 1. The zero-order valence-corrected chi connectivity index (χ0v) is 29.0. The van der Waals surface area contributed by atoms with Crippen LogP contribution in [0.3, 0.4) is 0 Å². The number of rotatable bonds is 9. The second-order valence-corrected chi connectivity index (χ2v) is 13.1. The van der Waals surface area contributed by atoms with Gasteiger partial charge in [-0.2, -0.15) is 5.10 Å².